The topological polar surface area (TPSA) is 54.0 Å². The molecule has 0 bridgehead atoms. The number of nitrogens with zero attached hydrogens (tertiary/aromatic N) is 2. The van der Waals surface area contributed by atoms with E-state index in [2.05, 4.69) is 17.1 Å². The molecule has 6 nitrogen and oxygen atoms in total. The van der Waals surface area contributed by atoms with Crippen molar-refractivity contribution in [3.63, 3.8) is 0 Å². The Bertz CT molecular complexity index is 851. The Labute approximate surface area is 170 Å². The van der Waals surface area contributed by atoms with E-state index in [4.69, 9.17) is 9.47 Å². The fourth-order valence-electron chi connectivity index (χ4n) is 3.88. The van der Waals surface area contributed by atoms with Crippen LogP contribution in [0.1, 0.15) is 25.3 Å². The number of rotatable bonds is 5. The summed E-state index contributed by atoms with van der Waals surface area (Å²) in [6.07, 6.45) is 1.85. The second-order valence-corrected chi connectivity index (χ2v) is 7.42. The van der Waals surface area contributed by atoms with Gasteiger partial charge in [-0.15, -0.1) is 0 Å². The number of fused-ring (bicyclic) bond motifs is 1. The molecule has 2 aromatic rings. The number of anilines is 1. The van der Waals surface area contributed by atoms with Crippen LogP contribution in [-0.2, 0) is 6.54 Å². The Balaban J connectivity index is 1.51. The first-order valence-electron chi connectivity index (χ1n) is 10.1. The van der Waals surface area contributed by atoms with E-state index in [0.717, 1.165) is 43.8 Å². The number of carbonyl (C=O) groups excluding carboxylic acids is 1. The summed E-state index contributed by atoms with van der Waals surface area (Å²) in [6.45, 7) is 5.83. The zero-order valence-electron chi connectivity index (χ0n) is 16.6. The molecule has 2 aliphatic rings. The highest BCUT2D eigenvalue weighted by Gasteiger charge is 2.28. The molecule has 4 rings (SSSR count). The summed E-state index contributed by atoms with van der Waals surface area (Å²) < 4.78 is 24.1. The number of nitrogens with one attached hydrogen (secondary N) is 1. The molecule has 0 spiro atoms. The van der Waals surface area contributed by atoms with Crippen LogP contribution < -0.4 is 14.8 Å². The highest BCUT2D eigenvalue weighted by Crippen LogP contribution is 2.33. The van der Waals surface area contributed by atoms with E-state index in [1.165, 1.54) is 12.1 Å². The summed E-state index contributed by atoms with van der Waals surface area (Å²) in [6, 6.07) is 11.6. The minimum atomic E-state index is -0.327. The number of likely N-dealkylation sites (tertiary alicyclic amines) is 1. The second-order valence-electron chi connectivity index (χ2n) is 7.42. The van der Waals surface area contributed by atoms with Crippen molar-refractivity contribution in [1.82, 2.24) is 9.80 Å². The normalized spacial score (nSPS) is 16.6. The smallest absolute Gasteiger partial charge is 0.322 e. The molecule has 7 heteroatoms. The maximum atomic E-state index is 13.2. The van der Waals surface area contributed by atoms with Gasteiger partial charge in [-0.3, -0.25) is 0 Å². The molecule has 1 N–H and O–H groups in total. The lowest BCUT2D eigenvalue weighted by Gasteiger charge is -2.38. The predicted octanol–water partition coefficient (Wildman–Crippen LogP) is 4.07. The third-order valence-corrected chi connectivity index (χ3v) is 5.59. The van der Waals surface area contributed by atoms with Crippen molar-refractivity contribution in [2.45, 2.75) is 32.4 Å². The zero-order valence-corrected chi connectivity index (χ0v) is 16.6. The van der Waals surface area contributed by atoms with Crippen LogP contribution in [0.15, 0.2) is 42.5 Å². The number of amides is 2. The number of piperidine rings is 1. The fourth-order valence-corrected chi connectivity index (χ4v) is 3.88. The van der Waals surface area contributed by atoms with Gasteiger partial charge in [0, 0.05) is 31.4 Å². The van der Waals surface area contributed by atoms with Crippen molar-refractivity contribution >= 4 is 11.7 Å². The van der Waals surface area contributed by atoms with E-state index >= 15 is 0 Å². The quantitative estimate of drug-likeness (QED) is 0.823. The molecule has 1 fully saturated rings. The third-order valence-electron chi connectivity index (χ3n) is 5.59. The van der Waals surface area contributed by atoms with Gasteiger partial charge in [0.05, 0.1) is 0 Å². The highest BCUT2D eigenvalue weighted by atomic mass is 19.1. The first-order chi connectivity index (χ1) is 14.1. The molecule has 2 heterocycles. The van der Waals surface area contributed by atoms with E-state index < -0.39 is 0 Å². The molecule has 0 atom stereocenters. The Morgan fingerprint density at radius 2 is 1.86 bits per heavy atom. The maximum Gasteiger partial charge on any atom is 0.322 e. The van der Waals surface area contributed by atoms with Crippen LogP contribution in [0, 0.1) is 5.82 Å². The summed E-state index contributed by atoms with van der Waals surface area (Å²) in [5, 5.41) is 2.92. The van der Waals surface area contributed by atoms with Crippen molar-refractivity contribution in [2.24, 2.45) is 0 Å². The summed E-state index contributed by atoms with van der Waals surface area (Å²) in [7, 11) is 0. The SMILES string of the molecule is CCN1CCC(N(Cc2ccc3c(c2)OCO3)C(=O)Nc2ccc(F)cc2)CC1. The molecule has 0 aromatic heterocycles. The molecular weight excluding hydrogens is 373 g/mol. The molecule has 2 amide bonds. The van der Waals surface area contributed by atoms with Gasteiger partial charge in [-0.25, -0.2) is 9.18 Å². The molecule has 29 heavy (non-hydrogen) atoms. The van der Waals surface area contributed by atoms with Crippen LogP contribution in [0.5, 0.6) is 11.5 Å². The molecule has 154 valence electrons. The van der Waals surface area contributed by atoms with Gasteiger partial charge in [0.2, 0.25) is 6.79 Å². The first kappa shape index (κ1) is 19.5. The lowest BCUT2D eigenvalue weighted by Crippen LogP contribution is -2.48. The van der Waals surface area contributed by atoms with Crippen LogP contribution in [0.2, 0.25) is 0 Å². The second kappa shape index (κ2) is 8.69. The lowest BCUT2D eigenvalue weighted by molar-refractivity contribution is 0.126. The molecule has 1 saturated heterocycles. The lowest BCUT2D eigenvalue weighted by atomic mass is 10.0. The summed E-state index contributed by atoms with van der Waals surface area (Å²) in [4.78, 5) is 17.4. The zero-order chi connectivity index (χ0) is 20.2. The first-order valence-corrected chi connectivity index (χ1v) is 10.1. The monoisotopic (exact) mass is 399 g/mol. The maximum absolute atomic E-state index is 13.2. The average molecular weight is 399 g/mol. The molecule has 0 radical (unpaired) electrons. The van der Waals surface area contributed by atoms with E-state index in [1.54, 1.807) is 12.1 Å². The van der Waals surface area contributed by atoms with Crippen molar-refractivity contribution in [2.75, 3.05) is 31.7 Å². The molecule has 0 saturated carbocycles. The number of urea groups is 1. The average Bonchev–Trinajstić information content (AvgIpc) is 3.21. The van der Waals surface area contributed by atoms with Gasteiger partial charge >= 0.3 is 6.03 Å². The van der Waals surface area contributed by atoms with E-state index in [1.807, 2.05) is 23.1 Å². The summed E-state index contributed by atoms with van der Waals surface area (Å²) >= 11 is 0. The van der Waals surface area contributed by atoms with Crippen molar-refractivity contribution < 1.29 is 18.7 Å². The van der Waals surface area contributed by atoms with Crippen LogP contribution in [0.4, 0.5) is 14.9 Å². The van der Waals surface area contributed by atoms with E-state index in [9.17, 15) is 9.18 Å². The molecule has 2 aliphatic heterocycles. The molecule has 2 aromatic carbocycles. The number of hydrogen-bond donors (Lipinski definition) is 1. The van der Waals surface area contributed by atoms with Gasteiger partial charge < -0.3 is 24.6 Å². The van der Waals surface area contributed by atoms with Crippen LogP contribution in [0.25, 0.3) is 0 Å². The van der Waals surface area contributed by atoms with Gasteiger partial charge in [-0.2, -0.15) is 0 Å². The third kappa shape index (κ3) is 4.62. The largest absolute Gasteiger partial charge is 0.454 e. The molecular formula is C22H26FN3O3. The van der Waals surface area contributed by atoms with Gasteiger partial charge in [0.15, 0.2) is 11.5 Å². The van der Waals surface area contributed by atoms with E-state index in [-0.39, 0.29) is 24.7 Å². The van der Waals surface area contributed by atoms with E-state index in [0.29, 0.717) is 18.0 Å². The predicted molar refractivity (Wildman–Crippen MR) is 109 cm³/mol. The highest BCUT2D eigenvalue weighted by molar-refractivity contribution is 5.89. The minimum Gasteiger partial charge on any atom is -0.454 e. The number of halogens is 1. The molecule has 0 aliphatic carbocycles. The Morgan fingerprint density at radius 1 is 1.14 bits per heavy atom. The van der Waals surface area contributed by atoms with Crippen LogP contribution >= 0.6 is 0 Å². The minimum absolute atomic E-state index is 0.142. The number of ether oxygens (including phenoxy) is 2. The number of carbonyl (C=O) groups is 1. The summed E-state index contributed by atoms with van der Waals surface area (Å²) in [5.74, 6) is 1.11. The van der Waals surface area contributed by atoms with Crippen LogP contribution in [-0.4, -0.2) is 48.3 Å². The van der Waals surface area contributed by atoms with Crippen molar-refractivity contribution in [3.05, 3.63) is 53.8 Å². The summed E-state index contributed by atoms with van der Waals surface area (Å²) in [5.41, 5.74) is 1.57. The standard InChI is InChI=1S/C22H26FN3O3/c1-2-25-11-9-19(10-12-25)26(22(27)24-18-6-4-17(23)5-7-18)14-16-3-8-20-21(13-16)29-15-28-20/h3-8,13,19H,2,9-12,14-15H2,1H3,(H,24,27). The van der Waals surface area contributed by atoms with Gasteiger partial charge in [0.25, 0.3) is 0 Å². The van der Waals surface area contributed by atoms with Gasteiger partial charge in [0.1, 0.15) is 5.82 Å². The van der Waals surface area contributed by atoms with Gasteiger partial charge in [-0.1, -0.05) is 13.0 Å². The number of hydrogen-bond acceptors (Lipinski definition) is 4. The Morgan fingerprint density at radius 3 is 2.59 bits per heavy atom. The van der Waals surface area contributed by atoms with Crippen LogP contribution in [0.3, 0.4) is 0 Å². The fraction of sp³-hybridized carbons (Fsp3) is 0.409. The van der Waals surface area contributed by atoms with Crippen molar-refractivity contribution in [3.8, 4) is 11.5 Å². The van der Waals surface area contributed by atoms with Gasteiger partial charge in [-0.05, 0) is 61.3 Å². The Kier molecular flexibility index (Phi) is 5.85. The van der Waals surface area contributed by atoms with Crippen molar-refractivity contribution in [1.29, 1.82) is 0 Å². The molecule has 0 unspecified atom stereocenters. The Hall–Kier alpha value is -2.80. The number of benzene rings is 2.